The van der Waals surface area contributed by atoms with Gasteiger partial charge in [0.2, 0.25) is 0 Å². The van der Waals surface area contributed by atoms with Crippen LogP contribution in [0.3, 0.4) is 0 Å². The van der Waals surface area contributed by atoms with E-state index in [1.165, 1.54) is 121 Å². The number of aromatic nitrogens is 2. The van der Waals surface area contributed by atoms with Crippen LogP contribution in [0.5, 0.6) is 0 Å². The number of hydrogen-bond donors (Lipinski definition) is 0. The molecule has 2 nitrogen and oxygen atoms in total. The van der Waals surface area contributed by atoms with Gasteiger partial charge in [-0.1, -0.05) is 194 Å². The molecule has 0 bridgehead atoms. The maximum Gasteiger partial charge on any atom is 0.0562 e. The predicted octanol–water partition coefficient (Wildman–Crippen LogP) is 17.2. The first-order valence-corrected chi connectivity index (χ1v) is 23.3. The smallest absolute Gasteiger partial charge is 0.0562 e. The van der Waals surface area contributed by atoms with Crippen molar-refractivity contribution in [1.29, 1.82) is 0 Å². The topological polar surface area (TPSA) is 9.86 Å². The molecule has 0 amide bonds. The van der Waals surface area contributed by atoms with Crippen molar-refractivity contribution in [1.82, 2.24) is 9.13 Å². The van der Waals surface area contributed by atoms with Gasteiger partial charge in [-0.2, -0.15) is 0 Å². The Morgan fingerprint density at radius 3 is 1.60 bits per heavy atom. The summed E-state index contributed by atoms with van der Waals surface area (Å²) in [5.41, 5.74) is 21.1. The van der Waals surface area contributed by atoms with E-state index in [0.29, 0.717) is 0 Å². The summed E-state index contributed by atoms with van der Waals surface area (Å²) < 4.78 is 4.95. The fourth-order valence-corrected chi connectivity index (χ4v) is 11.3. The Labute approximate surface area is 388 Å². The molecule has 2 heteroatoms. The van der Waals surface area contributed by atoms with Crippen LogP contribution < -0.4 is 0 Å². The molecule has 1 unspecified atom stereocenters. The Bertz CT molecular complexity index is 4060. The zero-order valence-electron chi connectivity index (χ0n) is 36.6. The quantitative estimate of drug-likeness (QED) is 0.158. The predicted molar refractivity (Wildman–Crippen MR) is 282 cm³/mol. The zero-order chi connectivity index (χ0) is 44.0. The van der Waals surface area contributed by atoms with E-state index in [1.807, 2.05) is 0 Å². The summed E-state index contributed by atoms with van der Waals surface area (Å²) in [6.45, 7) is 0. The molecule has 67 heavy (non-hydrogen) atoms. The number of benzene rings is 11. The average Bonchev–Trinajstić information content (AvgIpc) is 4.03. The summed E-state index contributed by atoms with van der Waals surface area (Å²) in [7, 11) is 0. The molecule has 0 fully saturated rings. The van der Waals surface area contributed by atoms with E-state index in [-0.39, 0.29) is 5.92 Å². The first-order chi connectivity index (χ1) is 33.2. The molecule has 11 aromatic carbocycles. The number of rotatable bonds is 6. The average molecular weight is 851 g/mol. The molecule has 2 heterocycles. The van der Waals surface area contributed by atoms with E-state index in [4.69, 9.17) is 0 Å². The van der Waals surface area contributed by atoms with Crippen LogP contribution >= 0.6 is 0 Å². The van der Waals surface area contributed by atoms with Gasteiger partial charge < -0.3 is 9.13 Å². The minimum atomic E-state index is 0.178. The van der Waals surface area contributed by atoms with Gasteiger partial charge in [0.25, 0.3) is 0 Å². The van der Waals surface area contributed by atoms with E-state index in [1.54, 1.807) is 0 Å². The first kappa shape index (κ1) is 37.6. The molecule has 1 aliphatic carbocycles. The fraction of sp³-hybridized carbons (Fsp3) is 0.0154. The number of para-hydroxylation sites is 1. The third-order valence-electron chi connectivity index (χ3n) is 14.4. The Kier molecular flexibility index (Phi) is 8.38. The lowest BCUT2D eigenvalue weighted by Crippen LogP contribution is -1.99. The molecular formula is C65H42N2. The molecule has 1 atom stereocenters. The highest BCUT2D eigenvalue weighted by Gasteiger charge is 2.30. The molecule has 0 N–H and O–H groups in total. The summed E-state index contributed by atoms with van der Waals surface area (Å²) in [5, 5.41) is 7.43. The van der Waals surface area contributed by atoms with Crippen molar-refractivity contribution in [2.75, 3.05) is 0 Å². The molecule has 0 saturated carbocycles. The van der Waals surface area contributed by atoms with Crippen LogP contribution in [0.15, 0.2) is 249 Å². The van der Waals surface area contributed by atoms with Gasteiger partial charge in [-0.05, 0) is 121 Å². The van der Waals surface area contributed by atoms with E-state index < -0.39 is 0 Å². The summed E-state index contributed by atoms with van der Waals surface area (Å²) in [6, 6.07) is 92.0. The Balaban J connectivity index is 0.956. The van der Waals surface area contributed by atoms with E-state index in [9.17, 15) is 0 Å². The van der Waals surface area contributed by atoms with Gasteiger partial charge in [-0.3, -0.25) is 0 Å². The van der Waals surface area contributed by atoms with Crippen molar-refractivity contribution in [3.63, 3.8) is 0 Å². The lowest BCUT2D eigenvalue weighted by molar-refractivity contribution is 1.02. The molecular weight excluding hydrogens is 809 g/mol. The maximum atomic E-state index is 2.50. The third-order valence-corrected chi connectivity index (χ3v) is 14.4. The van der Waals surface area contributed by atoms with E-state index >= 15 is 0 Å². The van der Waals surface area contributed by atoms with Crippen LogP contribution in [0.2, 0.25) is 0 Å². The molecule has 0 saturated heterocycles. The maximum absolute atomic E-state index is 2.50. The second-order valence-corrected chi connectivity index (χ2v) is 18.0. The number of fused-ring (bicyclic) bond motifs is 10. The summed E-state index contributed by atoms with van der Waals surface area (Å²) in [6.07, 6.45) is 0. The number of nitrogens with zero attached hydrogens (tertiary/aromatic N) is 2. The van der Waals surface area contributed by atoms with Gasteiger partial charge in [0, 0.05) is 38.5 Å². The Morgan fingerprint density at radius 2 is 0.806 bits per heavy atom. The SMILES string of the molecule is c1ccc(-c2ccc(C3c4ccccc4-c4cc(-c5ccc6c(c5)c5cc7c8ccccc8n(-c8ccc(-c9ccccc9)cc8)c7cc5n6-c5cccc6ccccc56)ccc43)cc2)cc1. The van der Waals surface area contributed by atoms with Crippen molar-refractivity contribution < 1.29 is 0 Å². The highest BCUT2D eigenvalue weighted by Crippen LogP contribution is 2.50. The molecule has 14 rings (SSSR count). The second kappa shape index (κ2) is 14.9. The minimum absolute atomic E-state index is 0.178. The standard InChI is InChI=1S/C65H42N2/c1-3-14-42(15-4-1)44-26-28-47(29-27-44)65-54-23-10-9-21-52(54)56-38-48(32-36-55(56)65)49-33-37-62-57(39-49)59-40-58-53-22-11-12-24-61(53)66(50-34-30-45(31-35-50)43-16-5-2-6-17-43)63(58)41-64(59)67(62)60-25-13-19-46-18-7-8-20-51(46)60/h1-41,65H. The van der Waals surface area contributed by atoms with Crippen molar-refractivity contribution in [2.45, 2.75) is 5.92 Å². The van der Waals surface area contributed by atoms with Gasteiger partial charge in [-0.15, -0.1) is 0 Å². The van der Waals surface area contributed by atoms with Gasteiger partial charge in [0.1, 0.15) is 0 Å². The highest BCUT2D eigenvalue weighted by atomic mass is 15.0. The van der Waals surface area contributed by atoms with Crippen LogP contribution in [0.25, 0.3) is 110 Å². The summed E-state index contributed by atoms with van der Waals surface area (Å²) >= 11 is 0. The zero-order valence-corrected chi connectivity index (χ0v) is 36.6. The normalized spacial score (nSPS) is 13.2. The fourth-order valence-electron chi connectivity index (χ4n) is 11.3. The van der Waals surface area contributed by atoms with E-state index in [0.717, 1.165) is 5.69 Å². The van der Waals surface area contributed by atoms with Gasteiger partial charge in [0.15, 0.2) is 0 Å². The first-order valence-electron chi connectivity index (χ1n) is 23.3. The van der Waals surface area contributed by atoms with E-state index in [2.05, 4.69) is 258 Å². The van der Waals surface area contributed by atoms with Crippen LogP contribution in [0.4, 0.5) is 0 Å². The second-order valence-electron chi connectivity index (χ2n) is 18.0. The van der Waals surface area contributed by atoms with Gasteiger partial charge in [0.05, 0.1) is 27.8 Å². The molecule has 0 spiro atoms. The molecule has 1 aliphatic rings. The summed E-state index contributed by atoms with van der Waals surface area (Å²) in [4.78, 5) is 0. The lowest BCUT2D eigenvalue weighted by Gasteiger charge is -2.15. The van der Waals surface area contributed by atoms with Crippen molar-refractivity contribution in [3.8, 4) is 55.9 Å². The summed E-state index contributed by atoms with van der Waals surface area (Å²) in [5.74, 6) is 0.178. The van der Waals surface area contributed by atoms with Gasteiger partial charge in [-0.25, -0.2) is 0 Å². The van der Waals surface area contributed by atoms with Crippen LogP contribution in [-0.2, 0) is 0 Å². The van der Waals surface area contributed by atoms with Crippen molar-refractivity contribution in [2.24, 2.45) is 0 Å². The van der Waals surface area contributed by atoms with Crippen LogP contribution in [-0.4, -0.2) is 9.13 Å². The van der Waals surface area contributed by atoms with Gasteiger partial charge >= 0.3 is 0 Å². The molecule has 13 aromatic rings. The van der Waals surface area contributed by atoms with Crippen molar-refractivity contribution in [3.05, 3.63) is 265 Å². The minimum Gasteiger partial charge on any atom is -0.309 e. The van der Waals surface area contributed by atoms with Crippen LogP contribution in [0.1, 0.15) is 22.6 Å². The lowest BCUT2D eigenvalue weighted by atomic mass is 9.88. The molecule has 0 aliphatic heterocycles. The van der Waals surface area contributed by atoms with Crippen molar-refractivity contribution >= 4 is 54.4 Å². The van der Waals surface area contributed by atoms with Crippen LogP contribution in [0, 0.1) is 0 Å². The molecule has 0 radical (unpaired) electrons. The molecule has 312 valence electrons. The number of hydrogen-bond acceptors (Lipinski definition) is 0. The third kappa shape index (κ3) is 5.90. The molecule has 2 aromatic heterocycles. The largest absolute Gasteiger partial charge is 0.309 e. The highest BCUT2D eigenvalue weighted by molar-refractivity contribution is 6.20. The Hall–Kier alpha value is -8.72. The monoisotopic (exact) mass is 850 g/mol. The Morgan fingerprint density at radius 1 is 0.269 bits per heavy atom.